The maximum atomic E-state index is 5.22. The first-order chi connectivity index (χ1) is 10.7. The predicted octanol–water partition coefficient (Wildman–Crippen LogP) is 1.82. The third-order valence-corrected chi connectivity index (χ3v) is 4.92. The minimum atomic E-state index is 0.540. The number of fused-ring (bicyclic) bond motifs is 1. The highest BCUT2D eigenvalue weighted by Gasteiger charge is 2.27. The average Bonchev–Trinajstić information content (AvgIpc) is 2.53. The first kappa shape index (κ1) is 15.7. The van der Waals surface area contributed by atoms with Gasteiger partial charge in [-0.15, -0.1) is 0 Å². The molecule has 1 fully saturated rings. The van der Waals surface area contributed by atoms with Crippen LogP contribution in [0.2, 0.25) is 0 Å². The number of rotatable bonds is 4. The summed E-state index contributed by atoms with van der Waals surface area (Å²) in [7, 11) is 1.77. The quantitative estimate of drug-likeness (QED) is 0.849. The molecule has 0 amide bonds. The van der Waals surface area contributed by atoms with Gasteiger partial charge in [0.15, 0.2) is 0 Å². The van der Waals surface area contributed by atoms with E-state index in [2.05, 4.69) is 21.7 Å². The Hall–Kier alpha value is -1.20. The molecule has 2 heterocycles. The van der Waals surface area contributed by atoms with Crippen LogP contribution < -0.4 is 4.90 Å². The first-order valence-electron chi connectivity index (χ1n) is 8.53. The molecule has 5 heteroatoms. The van der Waals surface area contributed by atoms with Gasteiger partial charge in [-0.2, -0.15) is 0 Å². The summed E-state index contributed by atoms with van der Waals surface area (Å²) in [5.41, 5.74) is 2.71. The Bertz CT molecular complexity index is 520. The summed E-state index contributed by atoms with van der Waals surface area (Å²) in [4.78, 5) is 14.5. The Labute approximate surface area is 133 Å². The Morgan fingerprint density at radius 2 is 2.00 bits per heavy atom. The lowest BCUT2D eigenvalue weighted by molar-refractivity contribution is 0.117. The summed E-state index contributed by atoms with van der Waals surface area (Å²) >= 11 is 0. The van der Waals surface area contributed by atoms with Crippen molar-refractivity contribution in [3.8, 4) is 0 Å². The van der Waals surface area contributed by atoms with Crippen LogP contribution >= 0.6 is 0 Å². The number of nitrogens with zero attached hydrogens (tertiary/aromatic N) is 4. The highest BCUT2D eigenvalue weighted by Crippen LogP contribution is 2.29. The van der Waals surface area contributed by atoms with E-state index in [-0.39, 0.29) is 0 Å². The van der Waals surface area contributed by atoms with Gasteiger partial charge in [0.1, 0.15) is 11.6 Å². The first-order valence-corrected chi connectivity index (χ1v) is 8.53. The lowest BCUT2D eigenvalue weighted by Crippen LogP contribution is -2.53. The van der Waals surface area contributed by atoms with Gasteiger partial charge in [0.05, 0.1) is 6.61 Å². The largest absolute Gasteiger partial charge is 0.383 e. The van der Waals surface area contributed by atoms with Gasteiger partial charge in [0.25, 0.3) is 0 Å². The second-order valence-corrected chi connectivity index (χ2v) is 6.55. The standard InChI is InChI=1S/C17H28N4O/c1-13-12-21(9-8-20(13)10-11-22-3)17-15-6-4-5-7-16(15)18-14(2)19-17/h13H,4-12H2,1-3H3. The molecule has 0 aromatic carbocycles. The molecule has 1 aromatic rings. The van der Waals surface area contributed by atoms with E-state index in [0.717, 1.165) is 51.5 Å². The molecule has 5 nitrogen and oxygen atoms in total. The predicted molar refractivity (Wildman–Crippen MR) is 88.5 cm³/mol. The van der Waals surface area contributed by atoms with E-state index in [1.165, 1.54) is 29.9 Å². The summed E-state index contributed by atoms with van der Waals surface area (Å²) in [6.45, 7) is 9.35. The zero-order valence-electron chi connectivity index (χ0n) is 14.1. The molecule has 0 saturated carbocycles. The van der Waals surface area contributed by atoms with Gasteiger partial charge in [0, 0.05) is 50.6 Å². The van der Waals surface area contributed by atoms with E-state index in [9.17, 15) is 0 Å². The lowest BCUT2D eigenvalue weighted by Gasteiger charge is -2.41. The van der Waals surface area contributed by atoms with Gasteiger partial charge in [-0.1, -0.05) is 0 Å². The van der Waals surface area contributed by atoms with Crippen LogP contribution in [0.25, 0.3) is 0 Å². The highest BCUT2D eigenvalue weighted by molar-refractivity contribution is 5.51. The Kier molecular flexibility index (Phi) is 4.93. The second kappa shape index (κ2) is 6.92. The monoisotopic (exact) mass is 304 g/mol. The molecule has 122 valence electrons. The number of hydrogen-bond donors (Lipinski definition) is 0. The molecule has 2 aliphatic rings. The number of aryl methyl sites for hydroxylation is 2. The van der Waals surface area contributed by atoms with Crippen molar-refractivity contribution in [1.29, 1.82) is 0 Å². The van der Waals surface area contributed by atoms with Crippen LogP contribution in [0.15, 0.2) is 0 Å². The molecule has 0 radical (unpaired) electrons. The Morgan fingerprint density at radius 3 is 2.77 bits per heavy atom. The Balaban J connectivity index is 1.77. The highest BCUT2D eigenvalue weighted by atomic mass is 16.5. The van der Waals surface area contributed by atoms with Crippen LogP contribution in [0.4, 0.5) is 5.82 Å². The fourth-order valence-corrected chi connectivity index (χ4v) is 3.68. The average molecular weight is 304 g/mol. The van der Waals surface area contributed by atoms with Gasteiger partial charge in [-0.25, -0.2) is 9.97 Å². The van der Waals surface area contributed by atoms with Crippen LogP contribution in [0.1, 0.15) is 36.8 Å². The van der Waals surface area contributed by atoms with E-state index < -0.39 is 0 Å². The van der Waals surface area contributed by atoms with Crippen molar-refractivity contribution < 1.29 is 4.74 Å². The fourth-order valence-electron chi connectivity index (χ4n) is 3.68. The number of ether oxygens (including phenoxy) is 1. The van der Waals surface area contributed by atoms with Crippen molar-refractivity contribution in [3.05, 3.63) is 17.1 Å². The van der Waals surface area contributed by atoms with Crippen LogP contribution in [0, 0.1) is 6.92 Å². The van der Waals surface area contributed by atoms with Crippen LogP contribution in [-0.4, -0.2) is 60.8 Å². The van der Waals surface area contributed by atoms with Gasteiger partial charge in [0.2, 0.25) is 0 Å². The van der Waals surface area contributed by atoms with Crippen molar-refractivity contribution in [2.75, 3.05) is 44.8 Å². The van der Waals surface area contributed by atoms with Crippen molar-refractivity contribution in [1.82, 2.24) is 14.9 Å². The SMILES string of the molecule is COCCN1CCN(c2nc(C)nc3c2CCCC3)CC1C. The van der Waals surface area contributed by atoms with Gasteiger partial charge >= 0.3 is 0 Å². The smallest absolute Gasteiger partial charge is 0.135 e. The maximum absolute atomic E-state index is 5.22. The van der Waals surface area contributed by atoms with E-state index in [4.69, 9.17) is 9.72 Å². The molecule has 1 aliphatic carbocycles. The molecule has 0 N–H and O–H groups in total. The summed E-state index contributed by atoms with van der Waals surface area (Å²) < 4.78 is 5.22. The van der Waals surface area contributed by atoms with E-state index in [1.807, 2.05) is 6.92 Å². The van der Waals surface area contributed by atoms with E-state index in [0.29, 0.717) is 6.04 Å². The molecule has 1 atom stereocenters. The summed E-state index contributed by atoms with van der Waals surface area (Å²) in [6, 6.07) is 0.540. The number of anilines is 1. The summed E-state index contributed by atoms with van der Waals surface area (Å²) in [5, 5.41) is 0. The van der Waals surface area contributed by atoms with Crippen molar-refractivity contribution in [2.24, 2.45) is 0 Å². The third-order valence-electron chi connectivity index (χ3n) is 4.92. The number of hydrogen-bond acceptors (Lipinski definition) is 5. The van der Waals surface area contributed by atoms with Crippen LogP contribution in [-0.2, 0) is 17.6 Å². The summed E-state index contributed by atoms with van der Waals surface area (Å²) in [5.74, 6) is 2.13. The number of aromatic nitrogens is 2. The second-order valence-electron chi connectivity index (χ2n) is 6.55. The molecule has 3 rings (SSSR count). The van der Waals surface area contributed by atoms with Crippen molar-refractivity contribution in [3.63, 3.8) is 0 Å². The summed E-state index contributed by atoms with van der Waals surface area (Å²) in [6.07, 6.45) is 4.80. The molecule has 0 spiro atoms. The number of methoxy groups -OCH3 is 1. The molecule has 1 saturated heterocycles. The zero-order chi connectivity index (χ0) is 15.5. The Morgan fingerprint density at radius 1 is 1.18 bits per heavy atom. The normalized spacial score (nSPS) is 22.7. The molecule has 1 aliphatic heterocycles. The van der Waals surface area contributed by atoms with Gasteiger partial charge < -0.3 is 9.64 Å². The van der Waals surface area contributed by atoms with Gasteiger partial charge in [-0.05, 0) is 39.5 Å². The minimum absolute atomic E-state index is 0.540. The molecule has 1 unspecified atom stereocenters. The molecule has 0 bridgehead atoms. The van der Waals surface area contributed by atoms with E-state index >= 15 is 0 Å². The maximum Gasteiger partial charge on any atom is 0.135 e. The topological polar surface area (TPSA) is 41.5 Å². The zero-order valence-corrected chi connectivity index (χ0v) is 14.1. The minimum Gasteiger partial charge on any atom is -0.383 e. The molecule has 1 aromatic heterocycles. The van der Waals surface area contributed by atoms with Crippen LogP contribution in [0.5, 0.6) is 0 Å². The molecular formula is C17H28N4O. The lowest BCUT2D eigenvalue weighted by atomic mass is 9.95. The third kappa shape index (κ3) is 3.25. The van der Waals surface area contributed by atoms with Crippen molar-refractivity contribution in [2.45, 2.75) is 45.6 Å². The molecular weight excluding hydrogens is 276 g/mol. The molecule has 22 heavy (non-hydrogen) atoms. The van der Waals surface area contributed by atoms with Gasteiger partial charge in [-0.3, -0.25) is 4.90 Å². The van der Waals surface area contributed by atoms with E-state index in [1.54, 1.807) is 7.11 Å². The fraction of sp³-hybridized carbons (Fsp3) is 0.765. The van der Waals surface area contributed by atoms with Crippen molar-refractivity contribution >= 4 is 5.82 Å². The van der Waals surface area contributed by atoms with Crippen LogP contribution in [0.3, 0.4) is 0 Å². The number of piperazine rings is 1.